The fourth-order valence-electron chi connectivity index (χ4n) is 3.39. The lowest BCUT2D eigenvalue weighted by atomic mass is 9.76. The van der Waals surface area contributed by atoms with E-state index in [1.54, 1.807) is 12.1 Å². The Morgan fingerprint density at radius 3 is 3.06 bits per heavy atom. The highest BCUT2D eigenvalue weighted by Gasteiger charge is 2.49. The molecule has 0 bridgehead atoms. The molecule has 3 nitrogen and oxygen atoms in total. The summed E-state index contributed by atoms with van der Waals surface area (Å²) in [6.45, 7) is 0. The van der Waals surface area contributed by atoms with Crippen LogP contribution in [0.25, 0.3) is 0 Å². The van der Waals surface area contributed by atoms with Gasteiger partial charge in [0.15, 0.2) is 0 Å². The van der Waals surface area contributed by atoms with Crippen LogP contribution in [-0.2, 0) is 4.84 Å². The number of benzene rings is 1. The zero-order valence-corrected chi connectivity index (χ0v) is 9.36. The quantitative estimate of drug-likeness (QED) is 0.748. The molecule has 1 aliphatic carbocycles. The van der Waals surface area contributed by atoms with Crippen LogP contribution in [-0.4, -0.2) is 12.2 Å². The van der Waals surface area contributed by atoms with Crippen molar-refractivity contribution in [2.45, 2.75) is 37.5 Å². The van der Waals surface area contributed by atoms with E-state index in [9.17, 15) is 4.39 Å². The van der Waals surface area contributed by atoms with Gasteiger partial charge >= 0.3 is 0 Å². The molecule has 2 heterocycles. The summed E-state index contributed by atoms with van der Waals surface area (Å²) in [4.78, 5) is 5.62. The van der Waals surface area contributed by atoms with Crippen molar-refractivity contribution in [2.24, 2.45) is 5.92 Å². The van der Waals surface area contributed by atoms with Crippen LogP contribution < -0.4 is 10.2 Å². The second-order valence-electron chi connectivity index (χ2n) is 5.10. The van der Waals surface area contributed by atoms with E-state index < -0.39 is 0 Å². The van der Waals surface area contributed by atoms with Gasteiger partial charge in [-0.25, -0.2) is 4.39 Å². The SMILES string of the molecule is Fc1ccc2c(c1)[C@@H]1NO[C@@H]3CCC[C@H](O2)[C@@H]31. The first-order valence-electron chi connectivity index (χ1n) is 6.20. The average Bonchev–Trinajstić information content (AvgIpc) is 2.77. The molecule has 1 N–H and O–H groups in total. The van der Waals surface area contributed by atoms with E-state index in [-0.39, 0.29) is 24.1 Å². The van der Waals surface area contributed by atoms with Gasteiger partial charge in [0, 0.05) is 11.5 Å². The monoisotopic (exact) mass is 235 g/mol. The Morgan fingerprint density at radius 1 is 1.24 bits per heavy atom. The zero-order chi connectivity index (χ0) is 11.4. The lowest BCUT2D eigenvalue weighted by Crippen LogP contribution is -2.42. The van der Waals surface area contributed by atoms with Gasteiger partial charge in [-0.15, -0.1) is 0 Å². The first-order valence-corrected chi connectivity index (χ1v) is 6.20. The minimum absolute atomic E-state index is 0.0877. The van der Waals surface area contributed by atoms with Crippen LogP contribution in [0.2, 0.25) is 0 Å². The molecule has 4 atom stereocenters. The molecule has 0 radical (unpaired) electrons. The van der Waals surface area contributed by atoms with Crippen molar-refractivity contribution < 1.29 is 14.0 Å². The maximum Gasteiger partial charge on any atom is 0.124 e. The summed E-state index contributed by atoms with van der Waals surface area (Å²) in [5.41, 5.74) is 3.97. The van der Waals surface area contributed by atoms with Gasteiger partial charge < -0.3 is 4.74 Å². The largest absolute Gasteiger partial charge is 0.490 e. The molecular weight excluding hydrogens is 221 g/mol. The minimum atomic E-state index is -0.216. The van der Waals surface area contributed by atoms with Crippen molar-refractivity contribution in [3.63, 3.8) is 0 Å². The van der Waals surface area contributed by atoms with Gasteiger partial charge in [-0.3, -0.25) is 4.84 Å². The molecule has 3 aliphatic rings. The summed E-state index contributed by atoms with van der Waals surface area (Å²) in [7, 11) is 0. The van der Waals surface area contributed by atoms with E-state index in [2.05, 4.69) is 5.48 Å². The molecule has 2 aliphatic heterocycles. The molecule has 1 aromatic rings. The molecule has 17 heavy (non-hydrogen) atoms. The number of hydrogen-bond acceptors (Lipinski definition) is 3. The zero-order valence-electron chi connectivity index (χ0n) is 9.36. The van der Waals surface area contributed by atoms with Crippen molar-refractivity contribution in [2.75, 3.05) is 0 Å². The molecule has 90 valence electrons. The highest BCUT2D eigenvalue weighted by atomic mass is 19.1. The summed E-state index contributed by atoms with van der Waals surface area (Å²) >= 11 is 0. The van der Waals surface area contributed by atoms with Gasteiger partial charge in [0.1, 0.15) is 17.7 Å². The summed E-state index contributed by atoms with van der Waals surface area (Å²) in [6.07, 6.45) is 3.71. The normalized spacial score (nSPS) is 38.2. The standard InChI is InChI=1S/C13H14FNO2/c14-7-4-5-9-8(6-7)13-12-10(16-9)2-1-3-11(12)17-15-13/h4-6,10-13,15H,1-3H2/t10-,11+,12-,13-/m0/s1. The van der Waals surface area contributed by atoms with Gasteiger partial charge in [0.05, 0.1) is 12.1 Å². The fourth-order valence-corrected chi connectivity index (χ4v) is 3.39. The van der Waals surface area contributed by atoms with E-state index in [4.69, 9.17) is 9.57 Å². The number of hydrogen-bond donors (Lipinski definition) is 1. The van der Waals surface area contributed by atoms with Crippen molar-refractivity contribution in [3.05, 3.63) is 29.6 Å². The summed E-state index contributed by atoms with van der Waals surface area (Å²) < 4.78 is 19.3. The topological polar surface area (TPSA) is 30.5 Å². The van der Waals surface area contributed by atoms with E-state index in [1.807, 2.05) is 0 Å². The molecule has 4 heteroatoms. The van der Waals surface area contributed by atoms with E-state index in [0.29, 0.717) is 5.92 Å². The lowest BCUT2D eigenvalue weighted by Gasteiger charge is -2.39. The molecule has 0 aromatic heterocycles. The molecular formula is C13H14FNO2. The number of rotatable bonds is 0. The Bertz CT molecular complexity index is 465. The summed E-state index contributed by atoms with van der Waals surface area (Å²) in [5.74, 6) is 0.918. The van der Waals surface area contributed by atoms with Gasteiger partial charge in [-0.1, -0.05) is 0 Å². The molecule has 4 rings (SSSR count). The van der Waals surface area contributed by atoms with Gasteiger partial charge in [0.25, 0.3) is 0 Å². The third-order valence-electron chi connectivity index (χ3n) is 4.15. The Kier molecular flexibility index (Phi) is 1.99. The maximum absolute atomic E-state index is 13.3. The average molecular weight is 235 g/mol. The minimum Gasteiger partial charge on any atom is -0.490 e. The highest BCUT2D eigenvalue weighted by Crippen LogP contribution is 2.48. The van der Waals surface area contributed by atoms with Crippen molar-refractivity contribution in [3.8, 4) is 5.75 Å². The second-order valence-corrected chi connectivity index (χ2v) is 5.10. The Labute approximate surface area is 98.9 Å². The molecule has 0 unspecified atom stereocenters. The summed E-state index contributed by atoms with van der Waals surface area (Å²) in [5, 5.41) is 0. The Hall–Kier alpha value is -1.13. The number of halogens is 1. The Morgan fingerprint density at radius 2 is 2.12 bits per heavy atom. The third-order valence-corrected chi connectivity index (χ3v) is 4.15. The van der Waals surface area contributed by atoms with E-state index >= 15 is 0 Å². The van der Waals surface area contributed by atoms with Crippen LogP contribution in [0.15, 0.2) is 18.2 Å². The highest BCUT2D eigenvalue weighted by molar-refractivity contribution is 5.40. The second kappa shape index (κ2) is 3.43. The maximum atomic E-state index is 13.3. The van der Waals surface area contributed by atoms with E-state index in [1.165, 1.54) is 6.07 Å². The van der Waals surface area contributed by atoms with Crippen LogP contribution in [0.1, 0.15) is 30.9 Å². The van der Waals surface area contributed by atoms with Crippen LogP contribution in [0.3, 0.4) is 0 Å². The number of hydroxylamine groups is 1. The van der Waals surface area contributed by atoms with Gasteiger partial charge in [0.2, 0.25) is 0 Å². The van der Waals surface area contributed by atoms with Crippen molar-refractivity contribution in [1.82, 2.24) is 5.48 Å². The number of ether oxygens (including phenoxy) is 1. The molecule has 1 saturated heterocycles. The molecule has 2 fully saturated rings. The predicted molar refractivity (Wildman–Crippen MR) is 58.9 cm³/mol. The van der Waals surface area contributed by atoms with Crippen molar-refractivity contribution in [1.29, 1.82) is 0 Å². The van der Waals surface area contributed by atoms with Crippen molar-refractivity contribution >= 4 is 0 Å². The van der Waals surface area contributed by atoms with Crippen LogP contribution >= 0.6 is 0 Å². The molecule has 0 spiro atoms. The number of fused-ring (bicyclic) bond motifs is 2. The van der Waals surface area contributed by atoms with Gasteiger partial charge in [-0.2, -0.15) is 5.48 Å². The molecule has 1 saturated carbocycles. The third kappa shape index (κ3) is 1.34. The summed E-state index contributed by atoms with van der Waals surface area (Å²) in [6, 6.07) is 4.83. The van der Waals surface area contributed by atoms with Crippen LogP contribution in [0, 0.1) is 11.7 Å². The first kappa shape index (κ1) is 9.85. The van der Waals surface area contributed by atoms with Gasteiger partial charge in [-0.05, 0) is 37.5 Å². The van der Waals surface area contributed by atoms with Crippen LogP contribution in [0.5, 0.6) is 5.75 Å². The molecule has 1 aromatic carbocycles. The van der Waals surface area contributed by atoms with E-state index in [0.717, 1.165) is 30.6 Å². The fraction of sp³-hybridized carbons (Fsp3) is 0.538. The number of nitrogens with one attached hydrogen (secondary N) is 1. The molecule has 0 amide bonds. The Balaban J connectivity index is 1.82. The van der Waals surface area contributed by atoms with Crippen LogP contribution in [0.4, 0.5) is 4.39 Å². The lowest BCUT2D eigenvalue weighted by molar-refractivity contribution is -0.0210. The predicted octanol–water partition coefficient (Wildman–Crippen LogP) is 2.33. The smallest absolute Gasteiger partial charge is 0.124 e. The first-order chi connectivity index (χ1) is 8.33.